The number of imidazole rings is 1. The minimum Gasteiger partial charge on any atom is -0.415 e. The maximum atomic E-state index is 14.2. The first-order valence-electron chi connectivity index (χ1n) is 8.18. The summed E-state index contributed by atoms with van der Waals surface area (Å²) >= 11 is 5.91. The van der Waals surface area contributed by atoms with Gasteiger partial charge in [-0.2, -0.15) is 8.78 Å². The maximum Gasteiger partial charge on any atom is 0.314 e. The summed E-state index contributed by atoms with van der Waals surface area (Å²) in [5.74, 6) is -1.08. The minimum absolute atomic E-state index is 0.188. The molecule has 142 valence electrons. The molecule has 28 heavy (non-hydrogen) atoms. The van der Waals surface area contributed by atoms with Crippen LogP contribution in [0.4, 0.5) is 13.2 Å². The SMILES string of the molecule is Fc1cc(-c2nnc(C(F)F)o2)cc(-c2nccn2Cc2ccc(Cl)cc2)c1. The first-order valence-corrected chi connectivity index (χ1v) is 8.56. The number of rotatable bonds is 5. The molecule has 0 atom stereocenters. The van der Waals surface area contributed by atoms with Crippen molar-refractivity contribution in [2.75, 3.05) is 0 Å². The predicted molar refractivity (Wildman–Crippen MR) is 96.4 cm³/mol. The van der Waals surface area contributed by atoms with E-state index in [1.807, 2.05) is 16.7 Å². The van der Waals surface area contributed by atoms with Crippen LogP contribution in [0.5, 0.6) is 0 Å². The maximum absolute atomic E-state index is 14.2. The highest BCUT2D eigenvalue weighted by atomic mass is 35.5. The van der Waals surface area contributed by atoms with Gasteiger partial charge < -0.3 is 8.98 Å². The molecule has 0 spiro atoms. The second-order valence-electron chi connectivity index (χ2n) is 5.98. The minimum atomic E-state index is -2.90. The van der Waals surface area contributed by atoms with E-state index in [1.54, 1.807) is 30.6 Å². The van der Waals surface area contributed by atoms with E-state index < -0.39 is 18.1 Å². The highest BCUT2D eigenvalue weighted by molar-refractivity contribution is 6.30. The van der Waals surface area contributed by atoms with Gasteiger partial charge in [-0.1, -0.05) is 23.7 Å². The van der Waals surface area contributed by atoms with E-state index in [-0.39, 0.29) is 11.5 Å². The number of benzene rings is 2. The second-order valence-corrected chi connectivity index (χ2v) is 6.42. The molecule has 0 bridgehead atoms. The number of halogens is 4. The van der Waals surface area contributed by atoms with Crippen LogP contribution in [0.2, 0.25) is 5.02 Å². The Hall–Kier alpha value is -3.13. The molecular formula is C19H12ClF3N4O. The van der Waals surface area contributed by atoms with E-state index in [0.717, 1.165) is 11.6 Å². The molecule has 0 saturated carbocycles. The van der Waals surface area contributed by atoms with Gasteiger partial charge in [0.15, 0.2) is 0 Å². The third-order valence-electron chi connectivity index (χ3n) is 4.01. The molecule has 0 unspecified atom stereocenters. The molecule has 9 heteroatoms. The standard InChI is InChI=1S/C19H12ClF3N4O/c20-14-3-1-11(2-4-14)10-27-6-5-24-17(27)12-7-13(9-15(21)8-12)18-25-26-19(28-18)16(22)23/h1-9,16H,10H2. The fourth-order valence-corrected chi connectivity index (χ4v) is 2.89. The third-order valence-corrected chi connectivity index (χ3v) is 4.26. The summed E-state index contributed by atoms with van der Waals surface area (Å²) in [5, 5.41) is 7.47. The van der Waals surface area contributed by atoms with Crippen LogP contribution in [0, 0.1) is 5.82 Å². The number of alkyl halides is 2. The number of nitrogens with zero attached hydrogens (tertiary/aromatic N) is 4. The molecule has 2 aromatic carbocycles. The Balaban J connectivity index is 1.69. The molecule has 0 aliphatic carbocycles. The van der Waals surface area contributed by atoms with Crippen molar-refractivity contribution in [3.63, 3.8) is 0 Å². The Labute approximate surface area is 162 Å². The predicted octanol–water partition coefficient (Wildman–Crippen LogP) is 5.38. The molecule has 2 heterocycles. The molecule has 5 nitrogen and oxygen atoms in total. The Morgan fingerprint density at radius 1 is 1.04 bits per heavy atom. The first kappa shape index (κ1) is 18.2. The van der Waals surface area contributed by atoms with E-state index in [2.05, 4.69) is 15.2 Å². The van der Waals surface area contributed by atoms with Crippen molar-refractivity contribution in [3.05, 3.63) is 77.2 Å². The van der Waals surface area contributed by atoms with Crippen molar-refractivity contribution >= 4 is 11.6 Å². The molecule has 0 N–H and O–H groups in total. The summed E-state index contributed by atoms with van der Waals surface area (Å²) in [6, 6.07) is 11.3. The van der Waals surface area contributed by atoms with Crippen LogP contribution in [0.25, 0.3) is 22.8 Å². The lowest BCUT2D eigenvalue weighted by atomic mass is 10.1. The van der Waals surface area contributed by atoms with Crippen molar-refractivity contribution in [2.45, 2.75) is 13.0 Å². The van der Waals surface area contributed by atoms with Gasteiger partial charge in [-0.05, 0) is 35.9 Å². The largest absolute Gasteiger partial charge is 0.415 e. The number of hydrogen-bond acceptors (Lipinski definition) is 4. The summed E-state index contributed by atoms with van der Waals surface area (Å²) in [4.78, 5) is 4.29. The van der Waals surface area contributed by atoms with Gasteiger partial charge in [0, 0.05) is 35.1 Å². The van der Waals surface area contributed by atoms with Crippen molar-refractivity contribution in [3.8, 4) is 22.8 Å². The highest BCUT2D eigenvalue weighted by Gasteiger charge is 2.18. The first-order chi connectivity index (χ1) is 13.5. The number of hydrogen-bond donors (Lipinski definition) is 0. The van der Waals surface area contributed by atoms with E-state index in [9.17, 15) is 13.2 Å². The lowest BCUT2D eigenvalue weighted by Crippen LogP contribution is -2.01. The fourth-order valence-electron chi connectivity index (χ4n) is 2.77. The third kappa shape index (κ3) is 3.77. The monoisotopic (exact) mass is 404 g/mol. The van der Waals surface area contributed by atoms with Crippen molar-refractivity contribution in [1.29, 1.82) is 0 Å². The van der Waals surface area contributed by atoms with Crippen molar-refractivity contribution < 1.29 is 17.6 Å². The van der Waals surface area contributed by atoms with Crippen LogP contribution >= 0.6 is 11.6 Å². The lowest BCUT2D eigenvalue weighted by molar-refractivity contribution is 0.116. The van der Waals surface area contributed by atoms with Crippen LogP contribution in [-0.4, -0.2) is 19.7 Å². The topological polar surface area (TPSA) is 56.7 Å². The summed E-state index contributed by atoms with van der Waals surface area (Å²) < 4.78 is 46.3. The zero-order chi connectivity index (χ0) is 19.7. The van der Waals surface area contributed by atoms with Crippen LogP contribution in [0.1, 0.15) is 17.9 Å². The van der Waals surface area contributed by atoms with Gasteiger partial charge in [-0.15, -0.1) is 10.2 Å². The van der Waals surface area contributed by atoms with Crippen LogP contribution in [0.3, 0.4) is 0 Å². The van der Waals surface area contributed by atoms with E-state index in [4.69, 9.17) is 16.0 Å². The van der Waals surface area contributed by atoms with Gasteiger partial charge >= 0.3 is 6.43 Å². The average Bonchev–Trinajstić information content (AvgIpc) is 3.33. The molecule has 0 amide bonds. The Morgan fingerprint density at radius 3 is 2.50 bits per heavy atom. The van der Waals surface area contributed by atoms with Crippen LogP contribution < -0.4 is 0 Å². The lowest BCUT2D eigenvalue weighted by Gasteiger charge is -2.09. The van der Waals surface area contributed by atoms with Crippen LogP contribution in [-0.2, 0) is 6.54 Å². The highest BCUT2D eigenvalue weighted by Crippen LogP contribution is 2.28. The molecule has 4 aromatic rings. The Bertz CT molecular complexity index is 1110. The molecule has 4 rings (SSSR count). The van der Waals surface area contributed by atoms with E-state index >= 15 is 0 Å². The summed E-state index contributed by atoms with van der Waals surface area (Å²) in [5.41, 5.74) is 1.62. The van der Waals surface area contributed by atoms with Gasteiger partial charge in [0.2, 0.25) is 5.89 Å². The quantitative estimate of drug-likeness (QED) is 0.448. The van der Waals surface area contributed by atoms with Gasteiger partial charge in [0.25, 0.3) is 5.89 Å². The number of aromatic nitrogens is 4. The molecule has 0 aliphatic rings. The molecule has 0 fully saturated rings. The zero-order valence-electron chi connectivity index (χ0n) is 14.2. The van der Waals surface area contributed by atoms with Gasteiger partial charge in [0.1, 0.15) is 11.6 Å². The second kappa shape index (κ2) is 7.47. The smallest absolute Gasteiger partial charge is 0.314 e. The Kier molecular flexibility index (Phi) is 4.87. The summed E-state index contributed by atoms with van der Waals surface area (Å²) in [6.07, 6.45) is 0.459. The van der Waals surface area contributed by atoms with Crippen molar-refractivity contribution in [1.82, 2.24) is 19.7 Å². The molecular weight excluding hydrogens is 393 g/mol. The molecule has 0 aliphatic heterocycles. The van der Waals surface area contributed by atoms with Gasteiger partial charge in [0.05, 0.1) is 0 Å². The molecule has 0 saturated heterocycles. The summed E-state index contributed by atoms with van der Waals surface area (Å²) in [6.45, 7) is 0.494. The van der Waals surface area contributed by atoms with Crippen molar-refractivity contribution in [2.24, 2.45) is 0 Å². The fraction of sp³-hybridized carbons (Fsp3) is 0.105. The zero-order valence-corrected chi connectivity index (χ0v) is 14.9. The van der Waals surface area contributed by atoms with E-state index in [1.165, 1.54) is 6.07 Å². The average molecular weight is 405 g/mol. The van der Waals surface area contributed by atoms with E-state index in [0.29, 0.717) is 23.0 Å². The van der Waals surface area contributed by atoms with Gasteiger partial charge in [-0.3, -0.25) is 0 Å². The summed E-state index contributed by atoms with van der Waals surface area (Å²) in [7, 11) is 0. The van der Waals surface area contributed by atoms with Crippen LogP contribution in [0.15, 0.2) is 59.3 Å². The van der Waals surface area contributed by atoms with Gasteiger partial charge in [-0.25, -0.2) is 9.37 Å². The Morgan fingerprint density at radius 2 is 1.79 bits per heavy atom. The molecule has 0 radical (unpaired) electrons. The molecule has 2 aromatic heterocycles. The normalized spacial score (nSPS) is 11.3.